The van der Waals surface area contributed by atoms with Crippen LogP contribution >= 0.6 is 0 Å². The lowest BCUT2D eigenvalue weighted by molar-refractivity contribution is -0.140. The van der Waals surface area contributed by atoms with Gasteiger partial charge in [0.05, 0.1) is 46.7 Å². The average molecular weight is 406 g/mol. The summed E-state index contributed by atoms with van der Waals surface area (Å²) in [6, 6.07) is 3.10. The smallest absolute Gasteiger partial charge is 0.342 e. The molecule has 0 radical (unpaired) electrons. The van der Waals surface area contributed by atoms with Crippen molar-refractivity contribution < 1.29 is 43.2 Å². The van der Waals surface area contributed by atoms with Crippen molar-refractivity contribution in [2.24, 2.45) is 0 Å². The minimum atomic E-state index is -1.02. The highest BCUT2D eigenvalue weighted by atomic mass is 16.5. The van der Waals surface area contributed by atoms with E-state index in [0.29, 0.717) is 17.1 Å². The molecule has 156 valence electrons. The van der Waals surface area contributed by atoms with Crippen LogP contribution in [0.15, 0.2) is 28.9 Å². The maximum atomic E-state index is 12.5. The van der Waals surface area contributed by atoms with Gasteiger partial charge in [-0.25, -0.2) is 14.4 Å². The lowest BCUT2D eigenvalue weighted by Gasteiger charge is -2.21. The van der Waals surface area contributed by atoms with Crippen molar-refractivity contribution in [1.82, 2.24) is 0 Å². The minimum absolute atomic E-state index is 0.0351. The molecule has 1 aliphatic rings. The lowest BCUT2D eigenvalue weighted by Crippen LogP contribution is -2.23. The van der Waals surface area contributed by atoms with Gasteiger partial charge in [-0.2, -0.15) is 0 Å². The van der Waals surface area contributed by atoms with Crippen LogP contribution in [-0.4, -0.2) is 58.6 Å². The zero-order valence-corrected chi connectivity index (χ0v) is 16.8. The van der Waals surface area contributed by atoms with Crippen molar-refractivity contribution >= 4 is 23.7 Å². The first-order valence-corrected chi connectivity index (χ1v) is 8.51. The van der Waals surface area contributed by atoms with Crippen LogP contribution in [0.4, 0.5) is 0 Å². The summed E-state index contributed by atoms with van der Waals surface area (Å²) >= 11 is 0. The predicted molar refractivity (Wildman–Crippen MR) is 100 cm³/mol. The van der Waals surface area contributed by atoms with Crippen molar-refractivity contribution in [3.8, 4) is 11.5 Å². The second-order valence-electron chi connectivity index (χ2n) is 5.92. The van der Waals surface area contributed by atoms with Gasteiger partial charge in [0.1, 0.15) is 11.3 Å². The fourth-order valence-corrected chi connectivity index (χ4v) is 3.09. The Morgan fingerprint density at radius 2 is 1.28 bits per heavy atom. The Kier molecular flexibility index (Phi) is 6.87. The van der Waals surface area contributed by atoms with Crippen LogP contribution in [0.2, 0.25) is 0 Å². The summed E-state index contributed by atoms with van der Waals surface area (Å²) < 4.78 is 24.8. The maximum Gasteiger partial charge on any atom is 0.342 e. The summed E-state index contributed by atoms with van der Waals surface area (Å²) in [6.45, 7) is 0. The molecule has 29 heavy (non-hydrogen) atoms. The summed E-state index contributed by atoms with van der Waals surface area (Å²) in [4.78, 5) is 37.4. The van der Waals surface area contributed by atoms with Crippen LogP contribution in [0.25, 0.3) is 5.76 Å². The number of methoxy groups -OCH3 is 5. The minimum Gasteiger partial charge on any atom is -0.506 e. The molecule has 0 saturated carbocycles. The standard InChI is InChI=1S/C20H22O9/c1-25-13-8-10-6-7-11(18(22)27-3)15(19(23)28-4)16(20(24)29-5)17(21)12(10)9-14(13)26-2/h8-9,21H,6-7H2,1-5H3/b15-11-,17-16-. The van der Waals surface area contributed by atoms with E-state index in [9.17, 15) is 19.5 Å². The molecule has 0 atom stereocenters. The van der Waals surface area contributed by atoms with Crippen molar-refractivity contribution in [1.29, 1.82) is 0 Å². The van der Waals surface area contributed by atoms with E-state index in [-0.39, 0.29) is 24.0 Å². The number of fused-ring (bicyclic) bond motifs is 1. The number of rotatable bonds is 5. The summed E-state index contributed by atoms with van der Waals surface area (Å²) in [6.07, 6.45) is 0.270. The van der Waals surface area contributed by atoms with Crippen LogP contribution in [0.1, 0.15) is 17.5 Å². The SMILES string of the molecule is COC(=O)/C1=C(C(=O)OC)/C(C(=O)OC)=C(/O)c2cc(OC)c(OC)cc2CC1. The van der Waals surface area contributed by atoms with Crippen molar-refractivity contribution in [3.63, 3.8) is 0 Å². The third-order valence-electron chi connectivity index (χ3n) is 4.51. The number of aliphatic hydroxyl groups is 1. The molecule has 0 heterocycles. The molecule has 0 unspecified atom stereocenters. The molecule has 0 bridgehead atoms. The number of esters is 3. The lowest BCUT2D eigenvalue weighted by atomic mass is 9.87. The number of aliphatic hydroxyl groups excluding tert-OH is 1. The molecule has 0 amide bonds. The first-order valence-electron chi connectivity index (χ1n) is 8.51. The Bertz CT molecular complexity index is 909. The molecule has 0 fully saturated rings. The highest BCUT2D eigenvalue weighted by molar-refractivity contribution is 6.15. The third kappa shape index (κ3) is 4.03. The van der Waals surface area contributed by atoms with Crippen LogP contribution in [0, 0.1) is 0 Å². The quantitative estimate of drug-likeness (QED) is 0.576. The summed E-state index contributed by atoms with van der Waals surface area (Å²) in [5.41, 5.74) is -0.246. The number of ether oxygens (including phenoxy) is 5. The number of hydrogen-bond acceptors (Lipinski definition) is 9. The van der Waals surface area contributed by atoms with E-state index in [1.54, 1.807) is 6.07 Å². The molecule has 9 heteroatoms. The second-order valence-corrected chi connectivity index (χ2v) is 5.92. The van der Waals surface area contributed by atoms with Gasteiger partial charge in [-0.05, 0) is 30.5 Å². The molecular weight excluding hydrogens is 384 g/mol. The highest BCUT2D eigenvalue weighted by Gasteiger charge is 2.35. The number of benzene rings is 1. The van der Waals surface area contributed by atoms with E-state index in [0.717, 1.165) is 21.3 Å². The van der Waals surface area contributed by atoms with E-state index in [1.807, 2.05) is 0 Å². The average Bonchev–Trinajstić information content (AvgIpc) is 2.74. The largest absolute Gasteiger partial charge is 0.506 e. The normalized spacial score (nSPS) is 18.7. The summed E-state index contributed by atoms with van der Waals surface area (Å²) in [5.74, 6) is -2.69. The number of hydrogen-bond donors (Lipinski definition) is 1. The molecule has 0 saturated heterocycles. The number of carbonyl (C=O) groups is 3. The third-order valence-corrected chi connectivity index (χ3v) is 4.51. The Hall–Kier alpha value is -3.49. The van der Waals surface area contributed by atoms with E-state index < -0.39 is 34.8 Å². The van der Waals surface area contributed by atoms with Crippen LogP contribution in [-0.2, 0) is 35.0 Å². The Labute approximate surface area is 167 Å². The van der Waals surface area contributed by atoms with Crippen LogP contribution in [0.5, 0.6) is 11.5 Å². The molecule has 0 aromatic heterocycles. The van der Waals surface area contributed by atoms with Gasteiger partial charge in [-0.1, -0.05) is 0 Å². The van der Waals surface area contributed by atoms with E-state index in [2.05, 4.69) is 0 Å². The molecule has 9 nitrogen and oxygen atoms in total. The zero-order chi connectivity index (χ0) is 21.7. The van der Waals surface area contributed by atoms with Crippen molar-refractivity contribution in [3.05, 3.63) is 40.0 Å². The van der Waals surface area contributed by atoms with Gasteiger partial charge >= 0.3 is 17.9 Å². The number of aryl methyl sites for hydroxylation is 1. The first-order chi connectivity index (χ1) is 13.8. The topological polar surface area (TPSA) is 118 Å². The molecule has 0 spiro atoms. The zero-order valence-electron chi connectivity index (χ0n) is 16.8. The van der Waals surface area contributed by atoms with Crippen LogP contribution < -0.4 is 9.47 Å². The Morgan fingerprint density at radius 1 is 0.759 bits per heavy atom. The van der Waals surface area contributed by atoms with Crippen molar-refractivity contribution in [2.75, 3.05) is 35.5 Å². The monoisotopic (exact) mass is 406 g/mol. The van der Waals surface area contributed by atoms with E-state index in [4.69, 9.17) is 23.7 Å². The number of carbonyl (C=O) groups excluding carboxylic acids is 3. The molecule has 1 aromatic rings. The molecule has 1 N–H and O–H groups in total. The van der Waals surface area contributed by atoms with Gasteiger partial charge in [-0.15, -0.1) is 0 Å². The molecule has 2 rings (SSSR count). The molecule has 1 aliphatic carbocycles. The Morgan fingerprint density at radius 3 is 1.79 bits per heavy atom. The van der Waals surface area contributed by atoms with Crippen LogP contribution in [0.3, 0.4) is 0 Å². The Balaban J connectivity index is 2.95. The molecule has 0 aliphatic heterocycles. The van der Waals surface area contributed by atoms with Gasteiger partial charge in [0.2, 0.25) is 0 Å². The van der Waals surface area contributed by atoms with Gasteiger partial charge in [0, 0.05) is 5.56 Å². The fourth-order valence-electron chi connectivity index (χ4n) is 3.09. The van der Waals surface area contributed by atoms with E-state index >= 15 is 0 Å². The van der Waals surface area contributed by atoms with Gasteiger partial charge in [0.15, 0.2) is 11.5 Å². The van der Waals surface area contributed by atoms with Gasteiger partial charge < -0.3 is 28.8 Å². The summed E-state index contributed by atoms with van der Waals surface area (Å²) in [5, 5.41) is 11.0. The van der Waals surface area contributed by atoms with E-state index in [1.165, 1.54) is 20.3 Å². The second kappa shape index (κ2) is 9.13. The molecule has 1 aromatic carbocycles. The maximum absolute atomic E-state index is 12.5. The summed E-state index contributed by atoms with van der Waals surface area (Å²) in [7, 11) is 6.20. The van der Waals surface area contributed by atoms with Gasteiger partial charge in [0.25, 0.3) is 0 Å². The van der Waals surface area contributed by atoms with Gasteiger partial charge in [-0.3, -0.25) is 0 Å². The fraction of sp³-hybridized carbons (Fsp3) is 0.350. The van der Waals surface area contributed by atoms with Crippen molar-refractivity contribution in [2.45, 2.75) is 12.8 Å². The highest BCUT2D eigenvalue weighted by Crippen LogP contribution is 2.38. The molecular formula is C20H22O9. The first kappa shape index (κ1) is 21.8. The predicted octanol–water partition coefficient (Wildman–Crippen LogP) is 1.73.